The van der Waals surface area contributed by atoms with Gasteiger partial charge >= 0.3 is 0 Å². The van der Waals surface area contributed by atoms with Crippen LogP contribution in [0.25, 0.3) is 10.2 Å². The molecule has 2 heterocycles. The molecule has 1 aromatic heterocycles. The van der Waals surface area contributed by atoms with E-state index >= 15 is 0 Å². The monoisotopic (exact) mass is 347 g/mol. The first-order valence-electron chi connectivity index (χ1n) is 8.81. The zero-order chi connectivity index (χ0) is 16.5. The number of thiazole rings is 1. The fraction of sp³-hybridized carbons (Fsp3) is 0.556. The Morgan fingerprint density at radius 1 is 1.21 bits per heavy atom. The molecule has 0 unspecified atom stereocenters. The zero-order valence-corrected chi connectivity index (χ0v) is 14.4. The van der Waals surface area contributed by atoms with Gasteiger partial charge in [-0.2, -0.15) is 0 Å². The molecule has 1 amide bonds. The van der Waals surface area contributed by atoms with Crippen LogP contribution in [0.3, 0.4) is 0 Å². The molecule has 0 atom stereocenters. The van der Waals surface area contributed by atoms with E-state index in [0.717, 1.165) is 22.7 Å². The van der Waals surface area contributed by atoms with Gasteiger partial charge < -0.3 is 10.2 Å². The summed E-state index contributed by atoms with van der Waals surface area (Å²) >= 11 is 1.49. The molecule has 128 valence electrons. The number of nitrogens with zero attached hydrogens (tertiary/aromatic N) is 2. The van der Waals surface area contributed by atoms with E-state index in [0.29, 0.717) is 24.6 Å². The van der Waals surface area contributed by atoms with E-state index in [-0.39, 0.29) is 17.6 Å². The number of para-hydroxylation sites is 1. The fourth-order valence-corrected chi connectivity index (χ4v) is 4.58. The maximum atomic E-state index is 13.7. The first kappa shape index (κ1) is 15.8. The highest BCUT2D eigenvalue weighted by atomic mass is 32.1. The summed E-state index contributed by atoms with van der Waals surface area (Å²) in [7, 11) is 0. The molecule has 4 rings (SSSR count). The summed E-state index contributed by atoms with van der Waals surface area (Å²) in [6, 6.07) is 5.38. The van der Waals surface area contributed by atoms with E-state index in [1.165, 1.54) is 43.1 Å². The molecule has 2 fully saturated rings. The summed E-state index contributed by atoms with van der Waals surface area (Å²) in [6.07, 6.45) is 7.24. The van der Waals surface area contributed by atoms with Gasteiger partial charge in [0.05, 0.1) is 10.6 Å². The van der Waals surface area contributed by atoms with Gasteiger partial charge in [-0.05, 0) is 25.0 Å². The van der Waals surface area contributed by atoms with Gasteiger partial charge in [-0.1, -0.05) is 43.1 Å². The lowest BCUT2D eigenvalue weighted by Crippen LogP contribution is -2.55. The van der Waals surface area contributed by atoms with Crippen molar-refractivity contribution in [1.29, 1.82) is 0 Å². The van der Waals surface area contributed by atoms with Gasteiger partial charge in [0.2, 0.25) is 5.91 Å². The number of fused-ring (bicyclic) bond motifs is 1. The molecular weight excluding hydrogens is 325 g/mol. The Labute approximate surface area is 145 Å². The van der Waals surface area contributed by atoms with Gasteiger partial charge in [0.1, 0.15) is 11.3 Å². The van der Waals surface area contributed by atoms with Gasteiger partial charge in [0.25, 0.3) is 0 Å². The van der Waals surface area contributed by atoms with E-state index in [4.69, 9.17) is 0 Å². The summed E-state index contributed by atoms with van der Waals surface area (Å²) < 4.78 is 14.6. The summed E-state index contributed by atoms with van der Waals surface area (Å²) in [6.45, 7) is 1.36. The minimum atomic E-state index is -0.279. The Morgan fingerprint density at radius 3 is 2.67 bits per heavy atom. The highest BCUT2D eigenvalue weighted by molar-refractivity contribution is 7.22. The fourth-order valence-electron chi connectivity index (χ4n) is 3.58. The number of anilines is 1. The van der Waals surface area contributed by atoms with E-state index < -0.39 is 0 Å². The predicted molar refractivity (Wildman–Crippen MR) is 94.9 cm³/mol. The van der Waals surface area contributed by atoms with Gasteiger partial charge in [-0.15, -0.1) is 0 Å². The van der Waals surface area contributed by atoms with Crippen LogP contribution in [0.15, 0.2) is 18.2 Å². The first-order valence-corrected chi connectivity index (χ1v) is 9.63. The number of rotatable bonds is 3. The van der Waals surface area contributed by atoms with E-state index in [1.807, 2.05) is 6.07 Å². The lowest BCUT2D eigenvalue weighted by Gasteiger charge is -2.38. The Morgan fingerprint density at radius 2 is 1.96 bits per heavy atom. The summed E-state index contributed by atoms with van der Waals surface area (Å²) in [5.74, 6) is -0.0752. The third-order valence-corrected chi connectivity index (χ3v) is 6.16. The average Bonchev–Trinajstić information content (AvgIpc) is 2.77. The Bertz CT molecular complexity index is 733. The van der Waals surface area contributed by atoms with Crippen LogP contribution in [0.1, 0.15) is 38.5 Å². The summed E-state index contributed by atoms with van der Waals surface area (Å²) in [5, 5.41) is 4.04. The van der Waals surface area contributed by atoms with E-state index in [9.17, 15) is 9.18 Å². The van der Waals surface area contributed by atoms with Crippen LogP contribution in [0, 0.1) is 11.7 Å². The van der Waals surface area contributed by atoms with Crippen molar-refractivity contribution in [2.24, 2.45) is 5.92 Å². The largest absolute Gasteiger partial charge is 0.353 e. The topological polar surface area (TPSA) is 45.2 Å². The maximum absolute atomic E-state index is 13.7. The molecular formula is C18H22FN3OS. The summed E-state index contributed by atoms with van der Waals surface area (Å²) in [4.78, 5) is 18.9. The van der Waals surface area contributed by atoms with Gasteiger partial charge in [-0.3, -0.25) is 4.79 Å². The molecule has 2 aliphatic rings. The minimum absolute atomic E-state index is 0.0325. The van der Waals surface area contributed by atoms with Crippen LogP contribution in [-0.4, -0.2) is 30.0 Å². The second kappa shape index (κ2) is 6.67. The highest BCUT2D eigenvalue weighted by Crippen LogP contribution is 2.34. The molecule has 1 aromatic carbocycles. The smallest absolute Gasteiger partial charge is 0.226 e. The number of amides is 1. The molecule has 4 nitrogen and oxygen atoms in total. The van der Waals surface area contributed by atoms with Crippen LogP contribution in [0.4, 0.5) is 9.52 Å². The van der Waals surface area contributed by atoms with Crippen molar-refractivity contribution < 1.29 is 9.18 Å². The summed E-state index contributed by atoms with van der Waals surface area (Å²) in [5.41, 5.74) is 0.434. The molecule has 2 aromatic rings. The van der Waals surface area contributed by atoms with Crippen molar-refractivity contribution in [1.82, 2.24) is 10.3 Å². The molecule has 1 aliphatic carbocycles. The first-order chi connectivity index (χ1) is 11.7. The Balaban J connectivity index is 1.35. The number of hydrogen-bond donors (Lipinski definition) is 1. The predicted octanol–water partition coefficient (Wildman–Crippen LogP) is 3.71. The Hall–Kier alpha value is -1.69. The van der Waals surface area contributed by atoms with Crippen molar-refractivity contribution in [2.75, 3.05) is 18.0 Å². The molecule has 0 radical (unpaired) electrons. The van der Waals surface area contributed by atoms with Gasteiger partial charge in [0, 0.05) is 19.1 Å². The molecule has 0 spiro atoms. The standard InChI is InChI=1S/C18H22FN3OS/c19-14-8-5-9-15-16(14)21-18(24-15)22-10-12(11-22)17(23)20-13-6-3-1-2-4-7-13/h5,8-9,12-13H,1-4,6-7,10-11H2,(H,20,23). The highest BCUT2D eigenvalue weighted by Gasteiger charge is 2.35. The molecule has 0 bridgehead atoms. The average molecular weight is 347 g/mol. The maximum Gasteiger partial charge on any atom is 0.226 e. The van der Waals surface area contributed by atoms with Gasteiger partial charge in [-0.25, -0.2) is 9.37 Å². The lowest BCUT2D eigenvalue weighted by molar-refractivity contribution is -0.126. The third-order valence-electron chi connectivity index (χ3n) is 5.08. The van der Waals surface area contributed by atoms with Crippen molar-refractivity contribution >= 4 is 32.6 Å². The number of carbonyl (C=O) groups is 1. The van der Waals surface area contributed by atoms with E-state index in [1.54, 1.807) is 6.07 Å². The number of hydrogen-bond acceptors (Lipinski definition) is 4. The second-order valence-electron chi connectivity index (χ2n) is 6.88. The van der Waals surface area contributed by atoms with Crippen LogP contribution in [-0.2, 0) is 4.79 Å². The molecule has 6 heteroatoms. The number of halogens is 1. The van der Waals surface area contributed by atoms with Crippen molar-refractivity contribution in [3.8, 4) is 0 Å². The van der Waals surface area contributed by atoms with Crippen molar-refractivity contribution in [2.45, 2.75) is 44.6 Å². The molecule has 1 aliphatic heterocycles. The van der Waals surface area contributed by atoms with Crippen molar-refractivity contribution in [3.63, 3.8) is 0 Å². The normalized spacial score (nSPS) is 20.0. The quantitative estimate of drug-likeness (QED) is 0.861. The molecule has 1 saturated carbocycles. The van der Waals surface area contributed by atoms with Crippen molar-refractivity contribution in [3.05, 3.63) is 24.0 Å². The minimum Gasteiger partial charge on any atom is -0.353 e. The van der Waals surface area contributed by atoms with Crippen LogP contribution >= 0.6 is 11.3 Å². The third kappa shape index (κ3) is 3.11. The van der Waals surface area contributed by atoms with E-state index in [2.05, 4.69) is 15.2 Å². The van der Waals surface area contributed by atoms with Gasteiger partial charge in [0.15, 0.2) is 5.13 Å². The number of nitrogens with one attached hydrogen (secondary N) is 1. The number of carbonyl (C=O) groups excluding carboxylic acids is 1. The number of aromatic nitrogens is 1. The van der Waals surface area contributed by atoms with Crippen LogP contribution in [0.5, 0.6) is 0 Å². The SMILES string of the molecule is O=C(NC1CCCCCC1)C1CN(c2nc3c(F)cccc3s2)C1. The Kier molecular flexibility index (Phi) is 4.39. The van der Waals surface area contributed by atoms with Crippen LogP contribution < -0.4 is 10.2 Å². The molecule has 24 heavy (non-hydrogen) atoms. The zero-order valence-electron chi connectivity index (χ0n) is 13.6. The number of benzene rings is 1. The second-order valence-corrected chi connectivity index (χ2v) is 7.89. The van der Waals surface area contributed by atoms with Crippen LogP contribution in [0.2, 0.25) is 0 Å². The molecule has 1 N–H and O–H groups in total. The molecule has 1 saturated heterocycles. The lowest BCUT2D eigenvalue weighted by atomic mass is 9.98.